The van der Waals surface area contributed by atoms with Gasteiger partial charge in [-0.3, -0.25) is 9.59 Å². The van der Waals surface area contributed by atoms with E-state index in [1.54, 1.807) is 28.9 Å². The fourth-order valence-corrected chi connectivity index (χ4v) is 3.38. The monoisotopic (exact) mass is 336 g/mol. The molecule has 2 amide bonds. The molecular weight excluding hydrogens is 312 g/mol. The van der Waals surface area contributed by atoms with Crippen LogP contribution in [0.3, 0.4) is 0 Å². The molecule has 1 fully saturated rings. The Morgan fingerprint density at radius 1 is 1.43 bits per heavy atom. The summed E-state index contributed by atoms with van der Waals surface area (Å²) in [5.74, 6) is 2.14. The minimum absolute atomic E-state index is 0.0741. The lowest BCUT2D eigenvalue weighted by molar-refractivity contribution is -0.124. The summed E-state index contributed by atoms with van der Waals surface area (Å²) in [6.45, 7) is 4.72. The summed E-state index contributed by atoms with van der Waals surface area (Å²) in [5, 5.41) is 2.92. The number of anilines is 1. The molecule has 7 heteroatoms. The van der Waals surface area contributed by atoms with Gasteiger partial charge >= 0.3 is 0 Å². The molecule has 1 atom stereocenters. The second kappa shape index (κ2) is 7.68. The zero-order chi connectivity index (χ0) is 17.0. The molecule has 0 aromatic carbocycles. The van der Waals surface area contributed by atoms with Crippen LogP contribution in [0.5, 0.6) is 0 Å². The van der Waals surface area contributed by atoms with Crippen LogP contribution in [0.15, 0.2) is 18.3 Å². The van der Waals surface area contributed by atoms with Crippen molar-refractivity contribution in [1.29, 1.82) is 0 Å². The second-order valence-corrected chi connectivity index (χ2v) is 7.23. The van der Waals surface area contributed by atoms with Crippen molar-refractivity contribution in [3.05, 3.63) is 23.9 Å². The minimum Gasteiger partial charge on any atom is -0.363 e. The smallest absolute Gasteiger partial charge is 0.256 e. The molecule has 2 heterocycles. The first kappa shape index (κ1) is 17.6. The van der Waals surface area contributed by atoms with Gasteiger partial charge < -0.3 is 15.1 Å². The Bertz CT molecular complexity index is 560. The Kier molecular flexibility index (Phi) is 5.87. The van der Waals surface area contributed by atoms with Gasteiger partial charge in [-0.05, 0) is 18.1 Å². The number of rotatable bonds is 5. The maximum absolute atomic E-state index is 12.7. The van der Waals surface area contributed by atoms with Gasteiger partial charge in [0, 0.05) is 32.6 Å². The second-order valence-electron chi connectivity index (χ2n) is 6.23. The third-order valence-electron chi connectivity index (χ3n) is 3.58. The summed E-state index contributed by atoms with van der Waals surface area (Å²) in [5.41, 5.74) is 0.514. The molecule has 0 radical (unpaired) electrons. The molecule has 1 aromatic heterocycles. The lowest BCUT2D eigenvalue weighted by atomic mass is 10.2. The zero-order valence-electron chi connectivity index (χ0n) is 14.1. The van der Waals surface area contributed by atoms with Crippen molar-refractivity contribution in [2.45, 2.75) is 19.9 Å². The Balaban J connectivity index is 2.06. The molecule has 126 valence electrons. The highest BCUT2D eigenvalue weighted by Gasteiger charge is 2.35. The number of nitrogens with one attached hydrogen (secondary N) is 1. The van der Waals surface area contributed by atoms with Gasteiger partial charge in [0.15, 0.2) is 0 Å². The Morgan fingerprint density at radius 3 is 2.74 bits per heavy atom. The van der Waals surface area contributed by atoms with E-state index in [9.17, 15) is 9.59 Å². The molecule has 6 nitrogen and oxygen atoms in total. The van der Waals surface area contributed by atoms with Gasteiger partial charge in [0.25, 0.3) is 5.91 Å². The SMILES string of the molecule is CC(C)CNC(=O)[C@H]1CSCN1C(=O)c1ccc(N(C)C)nc1. The fourth-order valence-electron chi connectivity index (χ4n) is 2.23. The number of carbonyl (C=O) groups is 2. The fraction of sp³-hybridized carbons (Fsp3) is 0.562. The standard InChI is InChI=1S/C16H24N4O2S/c1-11(2)7-18-15(21)13-9-23-10-20(13)16(22)12-5-6-14(17-8-12)19(3)4/h5-6,8,11,13H,7,9-10H2,1-4H3,(H,18,21)/t13-/m1/s1. The van der Waals surface area contributed by atoms with Gasteiger partial charge in [0.2, 0.25) is 5.91 Å². The maximum Gasteiger partial charge on any atom is 0.256 e. The summed E-state index contributed by atoms with van der Waals surface area (Å²) in [4.78, 5) is 32.7. The molecule has 0 bridgehead atoms. The molecule has 1 aliphatic rings. The highest BCUT2D eigenvalue weighted by atomic mass is 32.2. The van der Waals surface area contributed by atoms with E-state index in [2.05, 4.69) is 10.3 Å². The Morgan fingerprint density at radius 2 is 2.17 bits per heavy atom. The summed E-state index contributed by atoms with van der Waals surface area (Å²) < 4.78 is 0. The molecule has 1 N–H and O–H groups in total. The van der Waals surface area contributed by atoms with Crippen LogP contribution in [0.25, 0.3) is 0 Å². The number of thioether (sulfide) groups is 1. The molecule has 1 aliphatic heterocycles. The lowest BCUT2D eigenvalue weighted by Crippen LogP contribution is -2.48. The van der Waals surface area contributed by atoms with Gasteiger partial charge in [0.1, 0.15) is 11.9 Å². The molecule has 1 aromatic rings. The summed E-state index contributed by atoms with van der Waals surface area (Å²) in [7, 11) is 3.80. The van der Waals surface area contributed by atoms with Crippen LogP contribution in [0.2, 0.25) is 0 Å². The number of carbonyl (C=O) groups excluding carboxylic acids is 2. The average Bonchev–Trinajstić information content (AvgIpc) is 3.01. The molecule has 2 rings (SSSR count). The van der Waals surface area contributed by atoms with Gasteiger partial charge in [-0.1, -0.05) is 13.8 Å². The van der Waals surface area contributed by atoms with Gasteiger partial charge in [-0.15, -0.1) is 11.8 Å². The third kappa shape index (κ3) is 4.37. The molecule has 0 unspecified atom stereocenters. The number of hydrogen-bond acceptors (Lipinski definition) is 5. The first-order valence-electron chi connectivity index (χ1n) is 7.70. The van der Waals surface area contributed by atoms with Crippen molar-refractivity contribution < 1.29 is 9.59 Å². The highest BCUT2D eigenvalue weighted by molar-refractivity contribution is 7.99. The number of nitrogens with zero attached hydrogens (tertiary/aromatic N) is 3. The Hall–Kier alpha value is -1.76. The van der Waals surface area contributed by atoms with Crippen LogP contribution < -0.4 is 10.2 Å². The van der Waals surface area contributed by atoms with E-state index in [1.165, 1.54) is 0 Å². The maximum atomic E-state index is 12.7. The van der Waals surface area contributed by atoms with E-state index in [0.717, 1.165) is 5.82 Å². The molecule has 0 saturated carbocycles. The highest BCUT2D eigenvalue weighted by Crippen LogP contribution is 2.23. The van der Waals surface area contributed by atoms with E-state index in [-0.39, 0.29) is 11.8 Å². The number of amides is 2. The lowest BCUT2D eigenvalue weighted by Gasteiger charge is -2.23. The van der Waals surface area contributed by atoms with Crippen molar-refractivity contribution in [3.8, 4) is 0 Å². The quantitative estimate of drug-likeness (QED) is 0.881. The van der Waals surface area contributed by atoms with Crippen molar-refractivity contribution in [3.63, 3.8) is 0 Å². The van der Waals surface area contributed by atoms with Gasteiger partial charge in [0.05, 0.1) is 11.4 Å². The number of hydrogen-bond donors (Lipinski definition) is 1. The van der Waals surface area contributed by atoms with Crippen LogP contribution in [0.4, 0.5) is 5.82 Å². The molecular formula is C16H24N4O2S. The van der Waals surface area contributed by atoms with E-state index >= 15 is 0 Å². The first-order valence-corrected chi connectivity index (χ1v) is 8.85. The predicted molar refractivity (Wildman–Crippen MR) is 93.7 cm³/mol. The molecule has 0 aliphatic carbocycles. The van der Waals surface area contributed by atoms with Crippen molar-refractivity contribution >= 4 is 29.4 Å². The van der Waals surface area contributed by atoms with Crippen molar-refractivity contribution in [2.75, 3.05) is 37.2 Å². The molecule has 1 saturated heterocycles. The van der Waals surface area contributed by atoms with E-state index in [4.69, 9.17) is 0 Å². The van der Waals surface area contributed by atoms with Crippen LogP contribution in [0, 0.1) is 5.92 Å². The largest absolute Gasteiger partial charge is 0.363 e. The molecule has 23 heavy (non-hydrogen) atoms. The predicted octanol–water partition coefficient (Wildman–Crippen LogP) is 1.43. The normalized spacial score (nSPS) is 17.4. The minimum atomic E-state index is -0.403. The summed E-state index contributed by atoms with van der Waals surface area (Å²) >= 11 is 1.60. The van der Waals surface area contributed by atoms with E-state index in [0.29, 0.717) is 29.7 Å². The van der Waals surface area contributed by atoms with Crippen LogP contribution in [-0.4, -0.2) is 60.0 Å². The van der Waals surface area contributed by atoms with E-state index < -0.39 is 6.04 Å². The van der Waals surface area contributed by atoms with Gasteiger partial charge in [-0.2, -0.15) is 0 Å². The van der Waals surface area contributed by atoms with E-state index in [1.807, 2.05) is 38.9 Å². The number of pyridine rings is 1. The number of aromatic nitrogens is 1. The van der Waals surface area contributed by atoms with Crippen molar-refractivity contribution in [2.24, 2.45) is 5.92 Å². The Labute approximate surface area is 141 Å². The summed E-state index contributed by atoms with van der Waals surface area (Å²) in [6.07, 6.45) is 1.57. The average molecular weight is 336 g/mol. The van der Waals surface area contributed by atoms with Crippen molar-refractivity contribution in [1.82, 2.24) is 15.2 Å². The first-order chi connectivity index (χ1) is 10.9. The zero-order valence-corrected chi connectivity index (χ0v) is 14.9. The molecule has 0 spiro atoms. The summed E-state index contributed by atoms with van der Waals surface area (Å²) in [6, 6.07) is 3.17. The third-order valence-corrected chi connectivity index (χ3v) is 4.60. The topological polar surface area (TPSA) is 65.5 Å². The van der Waals surface area contributed by atoms with Crippen LogP contribution in [0.1, 0.15) is 24.2 Å². The van der Waals surface area contributed by atoms with Gasteiger partial charge in [-0.25, -0.2) is 4.98 Å². The van der Waals surface area contributed by atoms with Crippen LogP contribution >= 0.6 is 11.8 Å². The van der Waals surface area contributed by atoms with Crippen LogP contribution in [-0.2, 0) is 4.79 Å².